The van der Waals surface area contributed by atoms with Gasteiger partial charge in [-0.15, -0.1) is 11.3 Å². The average molecular weight is 502 g/mol. The molecule has 0 saturated heterocycles. The highest BCUT2D eigenvalue weighted by Gasteiger charge is 2.35. The van der Waals surface area contributed by atoms with E-state index in [1.165, 1.54) is 17.6 Å². The van der Waals surface area contributed by atoms with Crippen LogP contribution in [0.4, 0.5) is 5.00 Å². The zero-order valence-electron chi connectivity index (χ0n) is 14.3. The lowest BCUT2D eigenvalue weighted by atomic mass is 9.88. The van der Waals surface area contributed by atoms with Crippen LogP contribution in [-0.4, -0.2) is 18.1 Å². The summed E-state index contributed by atoms with van der Waals surface area (Å²) in [5.74, 6) is 0.894. The van der Waals surface area contributed by atoms with Crippen molar-refractivity contribution in [2.45, 2.75) is 32.4 Å². The number of methoxy groups -OCH3 is 1. The van der Waals surface area contributed by atoms with Crippen molar-refractivity contribution in [2.75, 3.05) is 12.4 Å². The second kappa shape index (κ2) is 6.73. The topological polar surface area (TPSA) is 70.6 Å². The Hall–Kier alpha value is -1.25. The smallest absolute Gasteiger partial charge is 0.256 e. The van der Waals surface area contributed by atoms with Gasteiger partial charge in [0, 0.05) is 13.8 Å². The van der Waals surface area contributed by atoms with E-state index in [9.17, 15) is 9.90 Å². The molecule has 1 aliphatic heterocycles. The van der Waals surface area contributed by atoms with E-state index in [1.807, 2.05) is 0 Å². The van der Waals surface area contributed by atoms with Gasteiger partial charge in [0.1, 0.15) is 11.2 Å². The van der Waals surface area contributed by atoms with Crippen LogP contribution in [0.5, 0.6) is 11.5 Å². The number of thiophene rings is 1. The molecule has 1 aliphatic carbocycles. The van der Waals surface area contributed by atoms with E-state index >= 15 is 0 Å². The fourth-order valence-electron chi connectivity index (χ4n) is 3.64. The number of carbonyl (C=O) groups is 1. The van der Waals surface area contributed by atoms with Gasteiger partial charge in [-0.25, -0.2) is 0 Å². The van der Waals surface area contributed by atoms with E-state index < -0.39 is 6.17 Å². The summed E-state index contributed by atoms with van der Waals surface area (Å²) in [6, 6.07) is 1.68. The molecule has 0 bridgehead atoms. The summed E-state index contributed by atoms with van der Waals surface area (Å²) in [5.41, 5.74) is 2.49. The first-order valence-electron chi connectivity index (χ1n) is 8.37. The lowest BCUT2D eigenvalue weighted by Crippen LogP contribution is -2.38. The average Bonchev–Trinajstić information content (AvgIpc) is 2.96. The molecular formula is C18H18Br2N2O3S. The van der Waals surface area contributed by atoms with Gasteiger partial charge in [0.2, 0.25) is 0 Å². The molecule has 1 aromatic carbocycles. The third-order valence-corrected chi connectivity index (χ3v) is 8.19. The number of benzene rings is 1. The number of carbonyl (C=O) groups excluding carboxylic acids is 1. The summed E-state index contributed by atoms with van der Waals surface area (Å²) >= 11 is 8.62. The van der Waals surface area contributed by atoms with E-state index in [4.69, 9.17) is 4.74 Å². The second-order valence-electron chi connectivity index (χ2n) is 6.74. The minimum absolute atomic E-state index is 0.00114. The van der Waals surface area contributed by atoms with Crippen molar-refractivity contribution in [3.05, 3.63) is 36.6 Å². The quantitative estimate of drug-likeness (QED) is 0.543. The Morgan fingerprint density at radius 1 is 1.35 bits per heavy atom. The van der Waals surface area contributed by atoms with Crippen molar-refractivity contribution < 1.29 is 14.6 Å². The Labute approximate surface area is 172 Å². The van der Waals surface area contributed by atoms with Gasteiger partial charge in [-0.05, 0) is 68.7 Å². The van der Waals surface area contributed by atoms with Gasteiger partial charge in [-0.1, -0.05) is 6.92 Å². The zero-order valence-corrected chi connectivity index (χ0v) is 18.3. The molecule has 2 aliphatic rings. The van der Waals surface area contributed by atoms with E-state index in [-0.39, 0.29) is 11.7 Å². The van der Waals surface area contributed by atoms with Gasteiger partial charge < -0.3 is 20.5 Å². The number of hydrogen-bond donors (Lipinski definition) is 3. The second-order valence-corrected chi connectivity index (χ2v) is 9.50. The summed E-state index contributed by atoms with van der Waals surface area (Å²) in [6.45, 7) is 2.25. The fraction of sp³-hybridized carbons (Fsp3) is 0.389. The van der Waals surface area contributed by atoms with Gasteiger partial charge in [0.15, 0.2) is 11.5 Å². The third-order valence-electron chi connectivity index (χ3n) is 4.99. The third kappa shape index (κ3) is 2.82. The van der Waals surface area contributed by atoms with Crippen molar-refractivity contribution in [1.82, 2.24) is 5.32 Å². The van der Waals surface area contributed by atoms with Crippen LogP contribution >= 0.6 is 43.2 Å². The van der Waals surface area contributed by atoms with Gasteiger partial charge in [-0.2, -0.15) is 0 Å². The van der Waals surface area contributed by atoms with Gasteiger partial charge in [-0.3, -0.25) is 4.79 Å². The van der Waals surface area contributed by atoms with E-state index in [1.54, 1.807) is 17.4 Å². The number of hydrogen-bond acceptors (Lipinski definition) is 5. The fourth-order valence-corrected chi connectivity index (χ4v) is 6.03. The SMILES string of the molecule is COc1cc(Br)c(Br)c([C@@H]2NC(=O)c3c(sc4c3CC[C@@H](C)C4)N2)c1O. The molecule has 4 rings (SSSR count). The molecule has 3 N–H and O–H groups in total. The van der Waals surface area contributed by atoms with Crippen molar-refractivity contribution in [3.8, 4) is 11.5 Å². The summed E-state index contributed by atoms with van der Waals surface area (Å²) in [4.78, 5) is 14.2. The molecule has 0 radical (unpaired) electrons. The largest absolute Gasteiger partial charge is 0.504 e. The normalized spacial score (nSPS) is 21.5. The van der Waals surface area contributed by atoms with Crippen molar-refractivity contribution in [3.63, 3.8) is 0 Å². The van der Waals surface area contributed by atoms with E-state index in [0.29, 0.717) is 21.7 Å². The number of fused-ring (bicyclic) bond motifs is 3. The first-order valence-corrected chi connectivity index (χ1v) is 10.8. The maximum atomic E-state index is 12.9. The number of halogens is 2. The van der Waals surface area contributed by atoms with E-state index in [2.05, 4.69) is 49.4 Å². The van der Waals surface area contributed by atoms with E-state index in [0.717, 1.165) is 34.3 Å². The predicted octanol–water partition coefficient (Wildman–Crippen LogP) is 4.97. The molecule has 0 unspecified atom stereocenters. The van der Waals surface area contributed by atoms with Crippen molar-refractivity contribution in [2.24, 2.45) is 5.92 Å². The molecule has 8 heteroatoms. The van der Waals surface area contributed by atoms with Crippen LogP contribution in [0.25, 0.3) is 0 Å². The molecule has 2 aromatic rings. The maximum absolute atomic E-state index is 12.9. The number of phenolic OH excluding ortho intramolecular Hbond substituents is 1. The highest BCUT2D eigenvalue weighted by Crippen LogP contribution is 2.47. The molecule has 0 saturated carbocycles. The molecule has 1 amide bonds. The van der Waals surface area contributed by atoms with Crippen LogP contribution < -0.4 is 15.4 Å². The summed E-state index contributed by atoms with van der Waals surface area (Å²) in [5, 5.41) is 17.9. The number of ether oxygens (including phenoxy) is 1. The molecule has 0 fully saturated rings. The Morgan fingerprint density at radius 2 is 2.12 bits per heavy atom. The van der Waals surface area contributed by atoms with Crippen LogP contribution in [0.3, 0.4) is 0 Å². The summed E-state index contributed by atoms with van der Waals surface area (Å²) in [7, 11) is 1.50. The summed E-state index contributed by atoms with van der Waals surface area (Å²) < 4.78 is 6.66. The lowest BCUT2D eigenvalue weighted by molar-refractivity contribution is 0.0934. The predicted molar refractivity (Wildman–Crippen MR) is 109 cm³/mol. The van der Waals surface area contributed by atoms with Gasteiger partial charge in [0.25, 0.3) is 5.91 Å². The maximum Gasteiger partial charge on any atom is 0.256 e. The Morgan fingerprint density at radius 3 is 2.85 bits per heavy atom. The lowest BCUT2D eigenvalue weighted by Gasteiger charge is -2.28. The molecule has 138 valence electrons. The molecule has 0 spiro atoms. The summed E-state index contributed by atoms with van der Waals surface area (Å²) in [6.07, 6.45) is 2.53. The van der Waals surface area contributed by atoms with Crippen LogP contribution in [0.1, 0.15) is 45.9 Å². The first kappa shape index (κ1) is 18.1. The Kier molecular flexibility index (Phi) is 4.69. The molecular weight excluding hydrogens is 484 g/mol. The number of rotatable bonds is 2. The van der Waals surface area contributed by atoms with Crippen LogP contribution in [0, 0.1) is 5.92 Å². The molecule has 5 nitrogen and oxygen atoms in total. The van der Waals surface area contributed by atoms with Gasteiger partial charge >= 0.3 is 0 Å². The minimum atomic E-state index is -0.548. The number of nitrogens with one attached hydrogen (secondary N) is 2. The minimum Gasteiger partial charge on any atom is -0.504 e. The van der Waals surface area contributed by atoms with Gasteiger partial charge in [0.05, 0.1) is 18.2 Å². The molecule has 1 aromatic heterocycles. The molecule has 2 atom stereocenters. The standard InChI is InChI=1S/C18H18Br2N2O3S/c1-7-3-4-8-11(5-7)26-18-12(8)17(24)21-16(22-18)13-14(20)9(19)6-10(25-2)15(13)23/h6-7,16,22-23H,3-5H2,1-2H3,(H,21,24)/t7-,16-/m1/s1. The number of phenols is 1. The first-order chi connectivity index (χ1) is 12.4. The van der Waals surface area contributed by atoms with Crippen molar-refractivity contribution >= 4 is 54.1 Å². The monoisotopic (exact) mass is 500 g/mol. The highest BCUT2D eigenvalue weighted by molar-refractivity contribution is 9.13. The van der Waals surface area contributed by atoms with Crippen LogP contribution in [0.15, 0.2) is 15.0 Å². The van der Waals surface area contributed by atoms with Crippen molar-refractivity contribution in [1.29, 1.82) is 0 Å². The number of aromatic hydroxyl groups is 1. The number of amides is 1. The molecule has 26 heavy (non-hydrogen) atoms. The Bertz CT molecular complexity index is 913. The number of anilines is 1. The zero-order chi connectivity index (χ0) is 18.6. The molecule has 2 heterocycles. The van der Waals surface area contributed by atoms with Crippen LogP contribution in [-0.2, 0) is 12.8 Å². The Balaban J connectivity index is 1.77. The van der Waals surface area contributed by atoms with Crippen LogP contribution in [0.2, 0.25) is 0 Å². The highest BCUT2D eigenvalue weighted by atomic mass is 79.9.